The Bertz CT molecular complexity index is 376. The maximum atomic E-state index is 5.73. The van der Waals surface area contributed by atoms with Gasteiger partial charge in [-0.15, -0.1) is 0 Å². The Morgan fingerprint density at radius 2 is 1.07 bits per heavy atom. The number of hydrogen-bond donors (Lipinski definition) is 1. The summed E-state index contributed by atoms with van der Waals surface area (Å²) in [4.78, 5) is 0.506. The second kappa shape index (κ2) is 3.70. The molecule has 0 saturated carbocycles. The van der Waals surface area contributed by atoms with E-state index in [1.807, 2.05) is 0 Å². The molecule has 0 aromatic heterocycles. The minimum atomic E-state index is 0.506. The molecular formula is C12H17NS. The van der Waals surface area contributed by atoms with Gasteiger partial charge in [-0.05, 0) is 62.4 Å². The average molecular weight is 207 g/mol. The third-order valence-electron chi connectivity index (χ3n) is 3.25. The summed E-state index contributed by atoms with van der Waals surface area (Å²) in [5.74, 6) is 0. The Kier molecular flexibility index (Phi) is 2.95. The van der Waals surface area contributed by atoms with Crippen LogP contribution in [-0.2, 0) is 0 Å². The zero-order valence-electron chi connectivity index (χ0n) is 9.49. The monoisotopic (exact) mass is 207 g/mol. The van der Waals surface area contributed by atoms with Gasteiger partial charge in [0.05, 0.1) is 0 Å². The van der Waals surface area contributed by atoms with Crippen LogP contribution in [0.1, 0.15) is 33.4 Å². The SMILES string of the molecule is Cc1c(C)c(C)c(C(N)=S)c(C)c1C. The van der Waals surface area contributed by atoms with Crippen LogP contribution in [0.2, 0.25) is 0 Å². The largest absolute Gasteiger partial charge is 0.389 e. The molecular weight excluding hydrogens is 190 g/mol. The molecule has 14 heavy (non-hydrogen) atoms. The zero-order valence-corrected chi connectivity index (χ0v) is 10.3. The van der Waals surface area contributed by atoms with Crippen molar-refractivity contribution >= 4 is 17.2 Å². The molecule has 0 aliphatic rings. The molecule has 0 amide bonds. The first kappa shape index (κ1) is 11.2. The standard InChI is InChI=1S/C12H17NS/c1-6-7(2)9(4)11(12(13)14)10(5)8(6)3/h1-5H3,(H2,13,14). The summed E-state index contributed by atoms with van der Waals surface area (Å²) in [6.45, 7) is 10.6. The van der Waals surface area contributed by atoms with Crippen molar-refractivity contribution in [3.63, 3.8) is 0 Å². The molecule has 2 N–H and O–H groups in total. The van der Waals surface area contributed by atoms with Crippen molar-refractivity contribution in [3.05, 3.63) is 33.4 Å². The first-order valence-corrected chi connectivity index (χ1v) is 5.15. The van der Waals surface area contributed by atoms with Crippen LogP contribution in [0.25, 0.3) is 0 Å². The maximum Gasteiger partial charge on any atom is 0.104 e. The van der Waals surface area contributed by atoms with Crippen LogP contribution in [0.4, 0.5) is 0 Å². The number of thiocarbonyl (C=S) groups is 1. The summed E-state index contributed by atoms with van der Waals surface area (Å²) in [6, 6.07) is 0. The van der Waals surface area contributed by atoms with E-state index in [-0.39, 0.29) is 0 Å². The van der Waals surface area contributed by atoms with E-state index in [2.05, 4.69) is 34.6 Å². The van der Waals surface area contributed by atoms with Crippen LogP contribution >= 0.6 is 12.2 Å². The zero-order chi connectivity index (χ0) is 11.0. The van der Waals surface area contributed by atoms with Gasteiger partial charge < -0.3 is 5.73 Å². The Balaban J connectivity index is 3.68. The molecule has 1 aromatic carbocycles. The molecule has 0 radical (unpaired) electrons. The van der Waals surface area contributed by atoms with E-state index in [4.69, 9.17) is 18.0 Å². The molecule has 2 heteroatoms. The van der Waals surface area contributed by atoms with Crippen LogP contribution in [-0.4, -0.2) is 4.99 Å². The van der Waals surface area contributed by atoms with E-state index >= 15 is 0 Å². The van der Waals surface area contributed by atoms with Crippen molar-refractivity contribution in [2.75, 3.05) is 0 Å². The van der Waals surface area contributed by atoms with E-state index < -0.39 is 0 Å². The van der Waals surface area contributed by atoms with E-state index in [0.29, 0.717) is 4.99 Å². The third kappa shape index (κ3) is 1.55. The molecule has 1 aromatic rings. The highest BCUT2D eigenvalue weighted by molar-refractivity contribution is 7.80. The van der Waals surface area contributed by atoms with Gasteiger partial charge in [0.1, 0.15) is 4.99 Å². The molecule has 0 bridgehead atoms. The van der Waals surface area contributed by atoms with Crippen molar-refractivity contribution in [2.45, 2.75) is 34.6 Å². The fourth-order valence-corrected chi connectivity index (χ4v) is 2.18. The topological polar surface area (TPSA) is 26.0 Å². The predicted octanol–water partition coefficient (Wildman–Crippen LogP) is 2.86. The second-order valence-electron chi connectivity index (χ2n) is 3.86. The van der Waals surface area contributed by atoms with Crippen LogP contribution in [0.3, 0.4) is 0 Å². The first-order valence-electron chi connectivity index (χ1n) is 4.74. The summed E-state index contributed by atoms with van der Waals surface area (Å²) in [5, 5.41) is 0. The molecule has 0 spiro atoms. The van der Waals surface area contributed by atoms with Crippen molar-refractivity contribution < 1.29 is 0 Å². The smallest absolute Gasteiger partial charge is 0.104 e. The lowest BCUT2D eigenvalue weighted by Crippen LogP contribution is -2.15. The highest BCUT2D eigenvalue weighted by atomic mass is 32.1. The van der Waals surface area contributed by atoms with Crippen molar-refractivity contribution in [1.82, 2.24) is 0 Å². The quantitative estimate of drug-likeness (QED) is 0.717. The van der Waals surface area contributed by atoms with Gasteiger partial charge >= 0.3 is 0 Å². The van der Waals surface area contributed by atoms with E-state index in [0.717, 1.165) is 5.56 Å². The number of benzene rings is 1. The molecule has 76 valence electrons. The molecule has 0 aliphatic heterocycles. The first-order chi connectivity index (χ1) is 6.37. The Morgan fingerprint density at radius 1 is 0.786 bits per heavy atom. The minimum Gasteiger partial charge on any atom is -0.389 e. The molecule has 0 fully saturated rings. The summed E-state index contributed by atoms with van der Waals surface area (Å²) in [7, 11) is 0. The number of nitrogens with two attached hydrogens (primary N) is 1. The number of hydrogen-bond acceptors (Lipinski definition) is 1. The Hall–Kier alpha value is -0.890. The van der Waals surface area contributed by atoms with Crippen LogP contribution in [0, 0.1) is 34.6 Å². The van der Waals surface area contributed by atoms with Gasteiger partial charge in [-0.2, -0.15) is 0 Å². The summed E-state index contributed by atoms with van der Waals surface area (Å²) >= 11 is 5.08. The van der Waals surface area contributed by atoms with E-state index in [1.54, 1.807) is 0 Å². The lowest BCUT2D eigenvalue weighted by molar-refractivity contribution is 1.16. The number of rotatable bonds is 1. The molecule has 0 saturated heterocycles. The predicted molar refractivity (Wildman–Crippen MR) is 66.0 cm³/mol. The van der Waals surface area contributed by atoms with E-state index in [9.17, 15) is 0 Å². The lowest BCUT2D eigenvalue weighted by Gasteiger charge is -2.17. The third-order valence-corrected chi connectivity index (χ3v) is 3.45. The van der Waals surface area contributed by atoms with Gasteiger partial charge in [0, 0.05) is 5.56 Å². The second-order valence-corrected chi connectivity index (χ2v) is 4.30. The van der Waals surface area contributed by atoms with Gasteiger partial charge in [-0.25, -0.2) is 0 Å². The van der Waals surface area contributed by atoms with Crippen molar-refractivity contribution in [3.8, 4) is 0 Å². The lowest BCUT2D eigenvalue weighted by atomic mass is 9.90. The van der Waals surface area contributed by atoms with Gasteiger partial charge in [-0.1, -0.05) is 12.2 Å². The fraction of sp³-hybridized carbons (Fsp3) is 0.417. The Morgan fingerprint density at radius 3 is 1.36 bits per heavy atom. The van der Waals surface area contributed by atoms with Crippen molar-refractivity contribution in [2.24, 2.45) is 5.73 Å². The van der Waals surface area contributed by atoms with Gasteiger partial charge in [0.25, 0.3) is 0 Å². The maximum absolute atomic E-state index is 5.73. The van der Waals surface area contributed by atoms with Gasteiger partial charge in [0.15, 0.2) is 0 Å². The average Bonchev–Trinajstić information content (AvgIpc) is 2.11. The van der Waals surface area contributed by atoms with Crippen LogP contribution < -0.4 is 5.73 Å². The molecule has 0 unspecified atom stereocenters. The van der Waals surface area contributed by atoms with E-state index in [1.165, 1.54) is 27.8 Å². The van der Waals surface area contributed by atoms with Crippen molar-refractivity contribution in [1.29, 1.82) is 0 Å². The van der Waals surface area contributed by atoms with Gasteiger partial charge in [0.2, 0.25) is 0 Å². The highest BCUT2D eigenvalue weighted by Gasteiger charge is 2.13. The highest BCUT2D eigenvalue weighted by Crippen LogP contribution is 2.25. The molecule has 0 heterocycles. The summed E-state index contributed by atoms with van der Waals surface area (Å²) in [5.41, 5.74) is 13.2. The normalized spacial score (nSPS) is 10.4. The minimum absolute atomic E-state index is 0.506. The fourth-order valence-electron chi connectivity index (χ4n) is 1.87. The molecule has 0 aliphatic carbocycles. The van der Waals surface area contributed by atoms with Gasteiger partial charge in [-0.3, -0.25) is 0 Å². The van der Waals surface area contributed by atoms with Crippen LogP contribution in [0.15, 0.2) is 0 Å². The molecule has 1 nitrogen and oxygen atoms in total. The van der Waals surface area contributed by atoms with Crippen LogP contribution in [0.5, 0.6) is 0 Å². The molecule has 1 rings (SSSR count). The summed E-state index contributed by atoms with van der Waals surface area (Å²) < 4.78 is 0. The molecule has 0 atom stereocenters. The Labute approximate surface area is 91.3 Å². The summed E-state index contributed by atoms with van der Waals surface area (Å²) in [6.07, 6.45) is 0.